The van der Waals surface area contributed by atoms with Gasteiger partial charge in [-0.3, -0.25) is 4.79 Å². The zero-order valence-electron chi connectivity index (χ0n) is 20.4. The standard InChI is InChI=1S/C25H29N7O3/c1-25(2,3)35-24(34)27-20(14-17-15-31(4)21-12-7-6-11-19(17)21)23(33)26-18-10-8-9-16(13-18)22-28-30-32(5)29-22/h6-13,15,20H,14H2,1-5H3,(H,26,33)(H,27,34)/t20-/m0/s1. The van der Waals surface area contributed by atoms with Crippen molar-refractivity contribution in [2.75, 3.05) is 5.32 Å². The maximum Gasteiger partial charge on any atom is 0.408 e. The van der Waals surface area contributed by atoms with E-state index in [0.29, 0.717) is 17.1 Å². The average Bonchev–Trinajstić information content (AvgIpc) is 3.36. The Balaban J connectivity index is 1.59. The number of carbonyl (C=O) groups excluding carboxylic acids is 2. The second kappa shape index (κ2) is 9.57. The van der Waals surface area contributed by atoms with E-state index < -0.39 is 17.7 Å². The van der Waals surface area contributed by atoms with Crippen molar-refractivity contribution in [1.82, 2.24) is 30.1 Å². The van der Waals surface area contributed by atoms with E-state index in [9.17, 15) is 9.59 Å². The predicted octanol–water partition coefficient (Wildman–Crippen LogP) is 3.44. The summed E-state index contributed by atoms with van der Waals surface area (Å²) in [4.78, 5) is 27.3. The number of ether oxygens (including phenoxy) is 1. The van der Waals surface area contributed by atoms with Crippen molar-refractivity contribution in [3.63, 3.8) is 0 Å². The van der Waals surface area contributed by atoms with Crippen LogP contribution in [0.5, 0.6) is 0 Å². The molecule has 182 valence electrons. The van der Waals surface area contributed by atoms with Crippen molar-refractivity contribution >= 4 is 28.6 Å². The number of rotatable bonds is 6. The zero-order valence-corrected chi connectivity index (χ0v) is 20.4. The quantitative estimate of drug-likeness (QED) is 0.441. The summed E-state index contributed by atoms with van der Waals surface area (Å²) in [5.74, 6) is 0.0795. The van der Waals surface area contributed by atoms with Gasteiger partial charge in [-0.2, -0.15) is 4.80 Å². The van der Waals surface area contributed by atoms with Crippen molar-refractivity contribution in [1.29, 1.82) is 0 Å². The molecule has 10 nitrogen and oxygen atoms in total. The minimum absolute atomic E-state index is 0.290. The summed E-state index contributed by atoms with van der Waals surface area (Å²) in [5, 5.41) is 18.7. The van der Waals surface area contributed by atoms with Crippen molar-refractivity contribution in [3.05, 3.63) is 60.3 Å². The number of hydrogen-bond acceptors (Lipinski definition) is 6. The lowest BCUT2D eigenvalue weighted by molar-refractivity contribution is -0.118. The number of para-hydroxylation sites is 1. The summed E-state index contributed by atoms with van der Waals surface area (Å²) in [6.07, 6.45) is 1.61. The largest absolute Gasteiger partial charge is 0.444 e. The fourth-order valence-electron chi connectivity index (χ4n) is 3.83. The van der Waals surface area contributed by atoms with Gasteiger partial charge in [-0.05, 0) is 49.7 Å². The molecule has 2 amide bonds. The molecule has 2 aromatic heterocycles. The number of hydrogen-bond donors (Lipinski definition) is 2. The Morgan fingerprint density at radius 3 is 2.57 bits per heavy atom. The molecule has 0 saturated heterocycles. The third-order valence-electron chi connectivity index (χ3n) is 5.31. The maximum absolute atomic E-state index is 13.4. The summed E-state index contributed by atoms with van der Waals surface area (Å²) < 4.78 is 7.42. The number of benzene rings is 2. The van der Waals surface area contributed by atoms with Gasteiger partial charge in [0.1, 0.15) is 11.6 Å². The minimum Gasteiger partial charge on any atom is -0.444 e. The molecule has 35 heavy (non-hydrogen) atoms. The zero-order chi connectivity index (χ0) is 25.2. The van der Waals surface area contributed by atoms with Crippen LogP contribution in [-0.4, -0.2) is 48.4 Å². The monoisotopic (exact) mass is 475 g/mol. The number of nitrogens with one attached hydrogen (secondary N) is 2. The lowest BCUT2D eigenvalue weighted by Crippen LogP contribution is -2.47. The Bertz CT molecular complexity index is 1370. The number of fused-ring (bicyclic) bond motifs is 1. The highest BCUT2D eigenvalue weighted by molar-refractivity contribution is 5.97. The van der Waals surface area contributed by atoms with Crippen molar-refractivity contribution in [2.24, 2.45) is 14.1 Å². The van der Waals surface area contributed by atoms with Gasteiger partial charge in [-0.1, -0.05) is 30.3 Å². The van der Waals surface area contributed by atoms with Gasteiger partial charge in [0.15, 0.2) is 0 Å². The van der Waals surface area contributed by atoms with Gasteiger partial charge in [0.2, 0.25) is 11.7 Å². The van der Waals surface area contributed by atoms with Gasteiger partial charge in [0.25, 0.3) is 0 Å². The lowest BCUT2D eigenvalue weighted by atomic mass is 10.0. The summed E-state index contributed by atoms with van der Waals surface area (Å²) in [6, 6.07) is 14.2. The molecule has 0 radical (unpaired) electrons. The normalized spacial score (nSPS) is 12.4. The molecule has 0 aliphatic heterocycles. The first-order valence-electron chi connectivity index (χ1n) is 11.3. The Kier molecular flexibility index (Phi) is 6.54. The van der Waals surface area contributed by atoms with Gasteiger partial charge in [-0.25, -0.2) is 4.79 Å². The third kappa shape index (κ3) is 5.84. The third-order valence-corrected chi connectivity index (χ3v) is 5.31. The van der Waals surface area contributed by atoms with E-state index in [1.165, 1.54) is 4.80 Å². The summed E-state index contributed by atoms with van der Waals surface area (Å²) in [6.45, 7) is 5.33. The number of aryl methyl sites for hydroxylation is 2. The van der Waals surface area contributed by atoms with Crippen LogP contribution in [0.2, 0.25) is 0 Å². The summed E-state index contributed by atoms with van der Waals surface area (Å²) in [5.41, 5.74) is 2.55. The van der Waals surface area contributed by atoms with Crippen LogP contribution in [0.4, 0.5) is 10.5 Å². The second-order valence-electron chi connectivity index (χ2n) is 9.36. The highest BCUT2D eigenvalue weighted by Crippen LogP contribution is 2.23. The topological polar surface area (TPSA) is 116 Å². The van der Waals surface area contributed by atoms with Gasteiger partial charge >= 0.3 is 6.09 Å². The van der Waals surface area contributed by atoms with Crippen LogP contribution < -0.4 is 10.6 Å². The average molecular weight is 476 g/mol. The Morgan fingerprint density at radius 2 is 1.86 bits per heavy atom. The van der Waals surface area contributed by atoms with E-state index in [0.717, 1.165) is 16.5 Å². The molecule has 0 spiro atoms. The number of anilines is 1. The minimum atomic E-state index is -0.867. The van der Waals surface area contributed by atoms with Crippen LogP contribution in [-0.2, 0) is 30.0 Å². The number of alkyl carbamates (subject to hydrolysis) is 1. The predicted molar refractivity (Wildman–Crippen MR) is 133 cm³/mol. The van der Waals surface area contributed by atoms with E-state index >= 15 is 0 Å². The lowest BCUT2D eigenvalue weighted by Gasteiger charge is -2.23. The number of amides is 2. The summed E-state index contributed by atoms with van der Waals surface area (Å²) >= 11 is 0. The van der Waals surface area contributed by atoms with Crippen molar-refractivity contribution < 1.29 is 14.3 Å². The molecule has 0 aliphatic carbocycles. The molecule has 2 heterocycles. The van der Waals surface area contributed by atoms with Crippen LogP contribution in [0.3, 0.4) is 0 Å². The molecule has 4 rings (SSSR count). The maximum atomic E-state index is 13.4. The van der Waals surface area contributed by atoms with Gasteiger partial charge < -0.3 is 19.9 Å². The molecule has 1 atom stereocenters. The van der Waals surface area contributed by atoms with Gasteiger partial charge in [-0.15, -0.1) is 10.2 Å². The Morgan fingerprint density at radius 1 is 1.09 bits per heavy atom. The molecule has 4 aromatic rings. The highest BCUT2D eigenvalue weighted by atomic mass is 16.6. The number of tetrazole rings is 1. The molecule has 2 N–H and O–H groups in total. The molecule has 0 aliphatic rings. The molecular weight excluding hydrogens is 446 g/mol. The summed E-state index contributed by atoms with van der Waals surface area (Å²) in [7, 11) is 3.64. The SMILES string of the molecule is Cn1nnc(-c2cccc(NC(=O)[C@H](Cc3cn(C)c4ccccc34)NC(=O)OC(C)(C)C)c2)n1. The fraction of sp³-hybridized carbons (Fsp3) is 0.320. The van der Waals surface area contributed by atoms with Gasteiger partial charge in [0.05, 0.1) is 7.05 Å². The molecule has 0 bridgehead atoms. The number of carbonyl (C=O) groups is 2. The smallest absolute Gasteiger partial charge is 0.408 e. The number of nitrogens with zero attached hydrogens (tertiary/aromatic N) is 5. The van der Waals surface area contributed by atoms with E-state index in [4.69, 9.17) is 4.74 Å². The molecule has 2 aromatic carbocycles. The van der Waals surface area contributed by atoms with E-state index in [1.54, 1.807) is 46.0 Å². The van der Waals surface area contributed by atoms with E-state index in [-0.39, 0.29) is 12.3 Å². The highest BCUT2D eigenvalue weighted by Gasteiger charge is 2.26. The number of aromatic nitrogens is 5. The Hall–Kier alpha value is -4.21. The first kappa shape index (κ1) is 23.9. The second-order valence-corrected chi connectivity index (χ2v) is 9.36. The fourth-order valence-corrected chi connectivity index (χ4v) is 3.83. The van der Waals surface area contributed by atoms with E-state index in [2.05, 4.69) is 26.0 Å². The Labute approximate surface area is 203 Å². The molecular formula is C25H29N7O3. The van der Waals surface area contributed by atoms with Crippen LogP contribution >= 0.6 is 0 Å². The van der Waals surface area contributed by atoms with Crippen LogP contribution in [0.1, 0.15) is 26.3 Å². The van der Waals surface area contributed by atoms with Crippen LogP contribution in [0, 0.1) is 0 Å². The molecule has 0 fully saturated rings. The van der Waals surface area contributed by atoms with Gasteiger partial charge in [0, 0.05) is 41.8 Å². The first-order valence-corrected chi connectivity index (χ1v) is 11.3. The van der Waals surface area contributed by atoms with Crippen molar-refractivity contribution in [2.45, 2.75) is 38.8 Å². The van der Waals surface area contributed by atoms with Crippen LogP contribution in [0.15, 0.2) is 54.7 Å². The molecule has 10 heteroatoms. The van der Waals surface area contributed by atoms with E-state index in [1.807, 2.05) is 48.1 Å². The van der Waals surface area contributed by atoms with Crippen LogP contribution in [0.25, 0.3) is 22.3 Å². The van der Waals surface area contributed by atoms with Crippen molar-refractivity contribution in [3.8, 4) is 11.4 Å². The molecule has 0 saturated carbocycles. The first-order chi connectivity index (χ1) is 16.6. The molecule has 0 unspecified atom stereocenters.